The fourth-order valence-corrected chi connectivity index (χ4v) is 2.70. The fraction of sp³-hybridized carbons (Fsp3) is 0.800. The van der Waals surface area contributed by atoms with Gasteiger partial charge >= 0.3 is 5.97 Å². The van der Waals surface area contributed by atoms with Gasteiger partial charge in [-0.1, -0.05) is 6.58 Å². The Morgan fingerprint density at radius 1 is 0.852 bits per heavy atom. The lowest BCUT2D eigenvalue weighted by Crippen LogP contribution is -2.63. The summed E-state index contributed by atoms with van der Waals surface area (Å²) in [7, 11) is 0. The Labute approximate surface area is 153 Å². The van der Waals surface area contributed by atoms with Crippen molar-refractivity contribution in [1.82, 2.24) is 0 Å². The molecular weight excluding hydrogens is 372 g/mol. The summed E-state index contributed by atoms with van der Waals surface area (Å²) in [5, 5.41) is 68.5. The number of esters is 1. The molecule has 0 unspecified atom stereocenters. The Morgan fingerprint density at radius 3 is 1.81 bits per heavy atom. The van der Waals surface area contributed by atoms with E-state index < -0.39 is 80.6 Å². The summed E-state index contributed by atoms with van der Waals surface area (Å²) in [6.45, 7) is 2.01. The zero-order chi connectivity index (χ0) is 20.3. The zero-order valence-electron chi connectivity index (χ0n) is 14.1. The minimum Gasteiger partial charge on any atom is -0.460 e. The topological polar surface area (TPSA) is 196 Å². The van der Waals surface area contributed by atoms with Crippen LogP contribution in [0.5, 0.6) is 0 Å². The standard InChI is InChI=1S/C15H24O12/c1-2-7(17)24-4-6-9(19)11(21)13(23)15(26-6)27-14-12(22)10(20)8(18)5(3-16)25-14/h2,5-6,8-16,18-23H,1,3-4H2/t5-,6-,8-,9-,10+,11+,12-,13-,14-,15-/m1/s1. The molecule has 12 heteroatoms. The largest absolute Gasteiger partial charge is 0.460 e. The highest BCUT2D eigenvalue weighted by Gasteiger charge is 2.49. The second-order valence-electron chi connectivity index (χ2n) is 6.18. The smallest absolute Gasteiger partial charge is 0.330 e. The Kier molecular flexibility index (Phi) is 7.64. The molecule has 0 radical (unpaired) electrons. The van der Waals surface area contributed by atoms with Gasteiger partial charge in [-0.3, -0.25) is 0 Å². The van der Waals surface area contributed by atoms with E-state index in [1.165, 1.54) is 0 Å². The molecule has 0 aromatic carbocycles. The number of carbonyl (C=O) groups is 1. The van der Waals surface area contributed by atoms with E-state index in [0.717, 1.165) is 6.08 Å². The maximum Gasteiger partial charge on any atom is 0.330 e. The van der Waals surface area contributed by atoms with E-state index in [9.17, 15) is 35.4 Å². The first-order chi connectivity index (χ1) is 12.7. The van der Waals surface area contributed by atoms with Crippen LogP contribution in [0.3, 0.4) is 0 Å². The van der Waals surface area contributed by atoms with Crippen LogP contribution in [0, 0.1) is 0 Å². The van der Waals surface area contributed by atoms with Crippen LogP contribution < -0.4 is 0 Å². The molecule has 7 N–H and O–H groups in total. The van der Waals surface area contributed by atoms with Gasteiger partial charge in [-0.05, 0) is 0 Å². The van der Waals surface area contributed by atoms with Crippen LogP contribution in [-0.2, 0) is 23.7 Å². The van der Waals surface area contributed by atoms with Crippen molar-refractivity contribution in [3.05, 3.63) is 12.7 Å². The van der Waals surface area contributed by atoms with Crippen LogP contribution in [0.1, 0.15) is 0 Å². The van der Waals surface area contributed by atoms with Gasteiger partial charge in [-0.2, -0.15) is 0 Å². The second-order valence-corrected chi connectivity index (χ2v) is 6.18. The van der Waals surface area contributed by atoms with Crippen LogP contribution >= 0.6 is 0 Å². The van der Waals surface area contributed by atoms with E-state index >= 15 is 0 Å². The third kappa shape index (κ3) is 4.81. The van der Waals surface area contributed by atoms with Crippen molar-refractivity contribution >= 4 is 5.97 Å². The fourth-order valence-electron chi connectivity index (χ4n) is 2.70. The summed E-state index contributed by atoms with van der Waals surface area (Å²) in [4.78, 5) is 11.1. The van der Waals surface area contributed by atoms with Gasteiger partial charge in [0, 0.05) is 6.08 Å². The first-order valence-electron chi connectivity index (χ1n) is 8.16. The maximum atomic E-state index is 11.1. The second kappa shape index (κ2) is 9.34. The Hall–Kier alpha value is -1.19. The summed E-state index contributed by atoms with van der Waals surface area (Å²) in [6.07, 6.45) is -15.2. The molecule has 0 bridgehead atoms. The van der Waals surface area contributed by atoms with E-state index in [-0.39, 0.29) is 0 Å². The van der Waals surface area contributed by atoms with Crippen LogP contribution in [0.2, 0.25) is 0 Å². The van der Waals surface area contributed by atoms with E-state index in [0.29, 0.717) is 0 Å². The number of rotatable bonds is 6. The van der Waals surface area contributed by atoms with Crippen LogP contribution in [0.25, 0.3) is 0 Å². The number of carbonyl (C=O) groups excluding carboxylic acids is 1. The molecule has 2 heterocycles. The molecule has 0 aromatic rings. The molecule has 2 fully saturated rings. The highest BCUT2D eigenvalue weighted by Crippen LogP contribution is 2.28. The van der Waals surface area contributed by atoms with Crippen molar-refractivity contribution in [3.8, 4) is 0 Å². The Balaban J connectivity index is 2.06. The Morgan fingerprint density at radius 2 is 1.33 bits per heavy atom. The predicted octanol–water partition coefficient (Wildman–Crippen LogP) is -4.66. The SMILES string of the molecule is C=CC(=O)OC[C@H]1O[C@H](O[C@H]2O[C@H](CO)[C@@H](O)[C@H](O)[C@H]2O)[C@H](O)[C@@H](O)[C@@H]1O. The molecule has 0 aromatic heterocycles. The highest BCUT2D eigenvalue weighted by molar-refractivity contribution is 5.81. The molecule has 2 aliphatic rings. The summed E-state index contributed by atoms with van der Waals surface area (Å²) >= 11 is 0. The molecule has 2 saturated heterocycles. The van der Waals surface area contributed by atoms with Crippen LogP contribution in [-0.4, -0.2) is 116 Å². The summed E-state index contributed by atoms with van der Waals surface area (Å²) < 4.78 is 20.4. The van der Waals surface area contributed by atoms with Gasteiger partial charge in [0.2, 0.25) is 0 Å². The summed E-state index contributed by atoms with van der Waals surface area (Å²) in [5.41, 5.74) is 0. The molecule has 156 valence electrons. The van der Waals surface area contributed by atoms with Crippen molar-refractivity contribution < 1.29 is 59.5 Å². The van der Waals surface area contributed by atoms with Gasteiger partial charge in [0.1, 0.15) is 55.4 Å². The molecule has 12 nitrogen and oxygen atoms in total. The zero-order valence-corrected chi connectivity index (χ0v) is 14.1. The van der Waals surface area contributed by atoms with Crippen molar-refractivity contribution in [2.45, 2.75) is 61.4 Å². The summed E-state index contributed by atoms with van der Waals surface area (Å²) in [6, 6.07) is 0. The molecule has 2 aliphatic heterocycles. The van der Waals surface area contributed by atoms with Crippen molar-refractivity contribution in [2.24, 2.45) is 0 Å². The highest BCUT2D eigenvalue weighted by atomic mass is 16.8. The normalized spacial score (nSPS) is 45.3. The van der Waals surface area contributed by atoms with Crippen LogP contribution in [0.4, 0.5) is 0 Å². The van der Waals surface area contributed by atoms with Crippen molar-refractivity contribution in [2.75, 3.05) is 13.2 Å². The lowest BCUT2D eigenvalue weighted by Gasteiger charge is -2.44. The van der Waals surface area contributed by atoms with E-state index in [2.05, 4.69) is 6.58 Å². The van der Waals surface area contributed by atoms with Crippen molar-refractivity contribution in [1.29, 1.82) is 0 Å². The quantitative estimate of drug-likeness (QED) is 0.168. The first-order valence-corrected chi connectivity index (χ1v) is 8.16. The lowest BCUT2D eigenvalue weighted by molar-refractivity contribution is -0.376. The minimum absolute atomic E-state index is 0.496. The molecule has 0 spiro atoms. The van der Waals surface area contributed by atoms with Gasteiger partial charge in [0.25, 0.3) is 0 Å². The molecule has 27 heavy (non-hydrogen) atoms. The van der Waals surface area contributed by atoms with Gasteiger partial charge < -0.3 is 54.7 Å². The predicted molar refractivity (Wildman–Crippen MR) is 82.7 cm³/mol. The molecular formula is C15H24O12. The van der Waals surface area contributed by atoms with Gasteiger partial charge in [0.05, 0.1) is 6.61 Å². The molecule has 0 amide bonds. The summed E-state index contributed by atoms with van der Waals surface area (Å²) in [5.74, 6) is -0.808. The molecule has 2 rings (SSSR count). The van der Waals surface area contributed by atoms with Crippen LogP contribution in [0.15, 0.2) is 12.7 Å². The average Bonchev–Trinajstić information content (AvgIpc) is 2.67. The van der Waals surface area contributed by atoms with Gasteiger partial charge in [0.15, 0.2) is 12.6 Å². The Bertz CT molecular complexity index is 513. The average molecular weight is 396 g/mol. The third-order valence-electron chi connectivity index (χ3n) is 4.34. The molecule has 10 atom stereocenters. The maximum absolute atomic E-state index is 11.1. The minimum atomic E-state index is -1.78. The lowest BCUT2D eigenvalue weighted by atomic mass is 9.98. The first kappa shape index (κ1) is 22.1. The number of hydrogen-bond donors (Lipinski definition) is 7. The third-order valence-corrected chi connectivity index (χ3v) is 4.34. The van der Waals surface area contributed by atoms with Gasteiger partial charge in [-0.25, -0.2) is 4.79 Å². The monoisotopic (exact) mass is 396 g/mol. The number of aliphatic hydroxyl groups is 7. The van der Waals surface area contributed by atoms with E-state index in [4.69, 9.17) is 24.1 Å². The van der Waals surface area contributed by atoms with E-state index in [1.807, 2.05) is 0 Å². The van der Waals surface area contributed by atoms with Gasteiger partial charge in [-0.15, -0.1) is 0 Å². The van der Waals surface area contributed by atoms with Crippen molar-refractivity contribution in [3.63, 3.8) is 0 Å². The molecule has 0 aliphatic carbocycles. The number of aliphatic hydroxyl groups excluding tert-OH is 7. The number of hydrogen-bond acceptors (Lipinski definition) is 12. The number of ether oxygens (including phenoxy) is 4. The van der Waals surface area contributed by atoms with E-state index in [1.54, 1.807) is 0 Å². The molecule has 0 saturated carbocycles.